The average molecular weight is 493 g/mol. The molecule has 1 amide bonds. The summed E-state index contributed by atoms with van der Waals surface area (Å²) in [6, 6.07) is 16.1. The topological polar surface area (TPSA) is 123 Å². The Labute approximate surface area is 199 Å². The summed E-state index contributed by atoms with van der Waals surface area (Å²) >= 11 is 0. The minimum atomic E-state index is -4.81. The molecule has 0 saturated carbocycles. The summed E-state index contributed by atoms with van der Waals surface area (Å²) in [6.07, 6.45) is -3.88. The molecule has 0 bridgehead atoms. The zero-order chi connectivity index (χ0) is 25.6. The van der Waals surface area contributed by atoms with Crippen LogP contribution in [0.1, 0.15) is 16.1 Å². The van der Waals surface area contributed by atoms with Crippen molar-refractivity contribution in [3.63, 3.8) is 0 Å². The number of nitrogens with one attached hydrogen (secondary N) is 1. The van der Waals surface area contributed by atoms with E-state index in [2.05, 4.69) is 15.4 Å². The van der Waals surface area contributed by atoms with Crippen molar-refractivity contribution < 1.29 is 28.0 Å². The van der Waals surface area contributed by atoms with Crippen LogP contribution in [0.2, 0.25) is 0 Å². The number of hydrogen-bond acceptors (Lipinski definition) is 6. The third-order valence-corrected chi connectivity index (χ3v) is 5.51. The SMILES string of the molecule is O=C(Nc1ccc([N+](=O)[O-])cc1O)c1cnn2c(C(F)(F)F)cc(-c3cccc4ccccc34)nc12. The van der Waals surface area contributed by atoms with E-state index in [-0.39, 0.29) is 22.6 Å². The molecule has 5 aromatic rings. The highest BCUT2D eigenvalue weighted by molar-refractivity contribution is 6.09. The fourth-order valence-corrected chi connectivity index (χ4v) is 3.84. The number of phenols is 1. The molecule has 2 aromatic heterocycles. The lowest BCUT2D eigenvalue weighted by molar-refractivity contribution is -0.384. The summed E-state index contributed by atoms with van der Waals surface area (Å²) in [4.78, 5) is 27.4. The van der Waals surface area contributed by atoms with Crippen molar-refractivity contribution in [3.8, 4) is 17.0 Å². The van der Waals surface area contributed by atoms with Crippen molar-refractivity contribution in [2.75, 3.05) is 5.32 Å². The summed E-state index contributed by atoms with van der Waals surface area (Å²) < 4.78 is 42.4. The first-order chi connectivity index (χ1) is 17.1. The van der Waals surface area contributed by atoms with Gasteiger partial charge in [-0.25, -0.2) is 9.50 Å². The molecule has 0 fully saturated rings. The molecule has 3 aromatic carbocycles. The fraction of sp³-hybridized carbons (Fsp3) is 0.0417. The standard InChI is InChI=1S/C24H14F3N5O4/c25-24(26,27)21-11-19(16-7-3-5-13-4-1-2-6-15(13)16)29-22-17(12-28-31(21)22)23(34)30-18-9-8-14(32(35)36)10-20(18)33/h1-12,33H,(H,30,34). The van der Waals surface area contributed by atoms with Crippen LogP contribution in [0.15, 0.2) is 72.9 Å². The molecule has 2 N–H and O–H groups in total. The number of nitrogens with zero attached hydrogens (tertiary/aromatic N) is 4. The second kappa shape index (κ2) is 8.34. The number of amides is 1. The van der Waals surface area contributed by atoms with Gasteiger partial charge in [0.2, 0.25) is 0 Å². The smallest absolute Gasteiger partial charge is 0.433 e. The maximum absolute atomic E-state index is 14.0. The second-order valence-electron chi connectivity index (χ2n) is 7.76. The molecule has 0 spiro atoms. The van der Waals surface area contributed by atoms with Crippen molar-refractivity contribution in [2.24, 2.45) is 0 Å². The van der Waals surface area contributed by atoms with Crippen LogP contribution in [0.4, 0.5) is 24.5 Å². The number of aromatic nitrogens is 3. The molecule has 9 nitrogen and oxygen atoms in total. The highest BCUT2D eigenvalue weighted by Crippen LogP contribution is 2.35. The van der Waals surface area contributed by atoms with E-state index in [0.29, 0.717) is 15.5 Å². The molecule has 36 heavy (non-hydrogen) atoms. The first-order valence-corrected chi connectivity index (χ1v) is 10.4. The van der Waals surface area contributed by atoms with Gasteiger partial charge >= 0.3 is 6.18 Å². The first-order valence-electron chi connectivity index (χ1n) is 10.4. The van der Waals surface area contributed by atoms with Gasteiger partial charge in [0.15, 0.2) is 11.3 Å². The quantitative estimate of drug-likeness (QED) is 0.195. The van der Waals surface area contributed by atoms with Crippen LogP contribution < -0.4 is 5.32 Å². The van der Waals surface area contributed by atoms with E-state index in [1.165, 1.54) is 0 Å². The van der Waals surface area contributed by atoms with E-state index in [1.807, 2.05) is 12.1 Å². The summed E-state index contributed by atoms with van der Waals surface area (Å²) in [5.74, 6) is -1.50. The number of hydrogen-bond donors (Lipinski definition) is 2. The normalized spacial score (nSPS) is 11.6. The molecular weight excluding hydrogens is 479 g/mol. The monoisotopic (exact) mass is 493 g/mol. The number of halogens is 3. The zero-order valence-corrected chi connectivity index (χ0v) is 18.0. The number of phenolic OH excluding ortho intramolecular Hbond substituents is 1. The lowest BCUT2D eigenvalue weighted by Gasteiger charge is -2.13. The third-order valence-electron chi connectivity index (χ3n) is 5.51. The van der Waals surface area contributed by atoms with Gasteiger partial charge in [-0.1, -0.05) is 42.5 Å². The summed E-state index contributed by atoms with van der Waals surface area (Å²) in [7, 11) is 0. The maximum atomic E-state index is 14.0. The molecule has 0 aliphatic carbocycles. The van der Waals surface area contributed by atoms with Crippen LogP contribution in [0.3, 0.4) is 0 Å². The molecule has 0 radical (unpaired) electrons. The van der Waals surface area contributed by atoms with E-state index in [0.717, 1.165) is 35.8 Å². The number of anilines is 1. The van der Waals surface area contributed by atoms with Gasteiger partial charge in [0.25, 0.3) is 11.6 Å². The Morgan fingerprint density at radius 3 is 2.53 bits per heavy atom. The van der Waals surface area contributed by atoms with Crippen LogP contribution in [0.25, 0.3) is 27.7 Å². The van der Waals surface area contributed by atoms with Crippen molar-refractivity contribution in [1.29, 1.82) is 0 Å². The lowest BCUT2D eigenvalue weighted by Crippen LogP contribution is -2.16. The fourth-order valence-electron chi connectivity index (χ4n) is 3.84. The molecule has 2 heterocycles. The molecule has 0 saturated heterocycles. The van der Waals surface area contributed by atoms with Crippen LogP contribution in [-0.4, -0.2) is 30.5 Å². The zero-order valence-electron chi connectivity index (χ0n) is 18.0. The predicted molar refractivity (Wildman–Crippen MR) is 124 cm³/mol. The van der Waals surface area contributed by atoms with Gasteiger partial charge in [0.1, 0.15) is 11.3 Å². The van der Waals surface area contributed by atoms with Crippen molar-refractivity contribution in [2.45, 2.75) is 6.18 Å². The van der Waals surface area contributed by atoms with Crippen LogP contribution in [0.5, 0.6) is 5.75 Å². The molecule has 12 heteroatoms. The molecule has 180 valence electrons. The van der Waals surface area contributed by atoms with E-state index in [9.17, 15) is 33.2 Å². The van der Waals surface area contributed by atoms with Crippen LogP contribution >= 0.6 is 0 Å². The van der Waals surface area contributed by atoms with E-state index in [4.69, 9.17) is 0 Å². The Morgan fingerprint density at radius 1 is 1.06 bits per heavy atom. The Bertz CT molecular complexity index is 1680. The van der Waals surface area contributed by atoms with Gasteiger partial charge in [-0.05, 0) is 22.9 Å². The largest absolute Gasteiger partial charge is 0.506 e. The highest BCUT2D eigenvalue weighted by Gasteiger charge is 2.36. The number of benzene rings is 3. The number of carbonyl (C=O) groups excluding carboxylic acids is 1. The average Bonchev–Trinajstić information content (AvgIpc) is 3.27. The molecule has 0 aliphatic rings. The van der Waals surface area contributed by atoms with Gasteiger partial charge in [-0.3, -0.25) is 14.9 Å². The molecule has 5 rings (SSSR count). The van der Waals surface area contributed by atoms with Gasteiger partial charge in [0.05, 0.1) is 28.6 Å². The number of non-ortho nitro benzene ring substituents is 1. The van der Waals surface area contributed by atoms with Crippen molar-refractivity contribution in [1.82, 2.24) is 14.6 Å². The highest BCUT2D eigenvalue weighted by atomic mass is 19.4. The van der Waals surface area contributed by atoms with Crippen LogP contribution in [0, 0.1) is 10.1 Å². The number of nitro groups is 1. The van der Waals surface area contributed by atoms with Gasteiger partial charge in [-0.2, -0.15) is 18.3 Å². The van der Waals surface area contributed by atoms with Crippen LogP contribution in [-0.2, 0) is 6.18 Å². The number of rotatable bonds is 4. The second-order valence-corrected chi connectivity index (χ2v) is 7.76. The number of alkyl halides is 3. The lowest BCUT2D eigenvalue weighted by atomic mass is 10.0. The van der Waals surface area contributed by atoms with E-state index < -0.39 is 34.1 Å². The molecular formula is C24H14F3N5O4. The Hall–Kier alpha value is -5.00. The van der Waals surface area contributed by atoms with E-state index >= 15 is 0 Å². The van der Waals surface area contributed by atoms with E-state index in [1.54, 1.807) is 30.3 Å². The molecule has 0 unspecified atom stereocenters. The molecule has 0 aliphatic heterocycles. The Balaban J connectivity index is 1.65. The Morgan fingerprint density at radius 2 is 1.81 bits per heavy atom. The van der Waals surface area contributed by atoms with Gasteiger partial charge in [-0.15, -0.1) is 0 Å². The predicted octanol–water partition coefficient (Wildman–Crippen LogP) is 5.43. The first kappa shape index (κ1) is 22.8. The number of fused-ring (bicyclic) bond motifs is 2. The minimum Gasteiger partial charge on any atom is -0.506 e. The maximum Gasteiger partial charge on any atom is 0.433 e. The van der Waals surface area contributed by atoms with Crippen molar-refractivity contribution in [3.05, 3.63) is 94.3 Å². The Kier molecular flexibility index (Phi) is 5.28. The number of nitro benzene ring substituents is 1. The van der Waals surface area contributed by atoms with Gasteiger partial charge in [0, 0.05) is 11.6 Å². The summed E-state index contributed by atoms with van der Waals surface area (Å²) in [5.41, 5.74) is -1.94. The van der Waals surface area contributed by atoms with Crippen molar-refractivity contribution >= 4 is 33.7 Å². The summed E-state index contributed by atoms with van der Waals surface area (Å²) in [5, 5.41) is 28.4. The molecule has 0 atom stereocenters. The minimum absolute atomic E-state index is 0.0145. The number of carbonyl (C=O) groups is 1. The number of aromatic hydroxyl groups is 1. The van der Waals surface area contributed by atoms with Gasteiger partial charge < -0.3 is 10.4 Å². The summed E-state index contributed by atoms with van der Waals surface area (Å²) in [6.45, 7) is 0. The third kappa shape index (κ3) is 3.94.